The Hall–Kier alpha value is -2.28. The molecule has 0 radical (unpaired) electrons. The number of aromatic carboxylic acids is 1. The first-order valence-electron chi connectivity index (χ1n) is 6.80. The molecule has 1 N–H and O–H groups in total. The van der Waals surface area contributed by atoms with E-state index in [1.807, 2.05) is 32.9 Å². The normalized spacial score (nSPS) is 10.7. The number of nitrogens with zero attached hydrogens (tertiary/aromatic N) is 3. The summed E-state index contributed by atoms with van der Waals surface area (Å²) in [7, 11) is 0. The van der Waals surface area contributed by atoms with E-state index in [0.717, 1.165) is 11.1 Å². The molecule has 0 aromatic carbocycles. The highest BCUT2D eigenvalue weighted by Gasteiger charge is 2.21. The van der Waals surface area contributed by atoms with E-state index in [1.54, 1.807) is 16.2 Å². The number of carboxylic acid groups (broad SMARTS) is 1. The van der Waals surface area contributed by atoms with Gasteiger partial charge in [-0.05, 0) is 32.9 Å². The third-order valence-electron chi connectivity index (χ3n) is 3.10. The van der Waals surface area contributed by atoms with Gasteiger partial charge in [-0.1, -0.05) is 0 Å². The van der Waals surface area contributed by atoms with E-state index in [0.29, 0.717) is 6.54 Å². The van der Waals surface area contributed by atoms with Crippen LogP contribution in [0.4, 0.5) is 0 Å². The van der Waals surface area contributed by atoms with Gasteiger partial charge in [0.25, 0.3) is 5.91 Å². The molecule has 0 saturated heterocycles. The molecule has 0 spiro atoms. The largest absolute Gasteiger partial charge is 0.476 e. The molecule has 2 aromatic heterocycles. The number of amides is 1. The Balaban J connectivity index is 2.20. The standard InChI is InChI=1S/C15H17N3O3S/c1-9(2)18(8-11-5-4-10(3)22-11)14(19)12-6-17-13(7-16-12)15(20)21/h4-7,9H,8H2,1-3H3,(H,20,21). The number of aryl methyl sites for hydroxylation is 1. The number of hydrogen-bond acceptors (Lipinski definition) is 5. The Morgan fingerprint density at radius 2 is 1.86 bits per heavy atom. The number of aromatic nitrogens is 2. The molecule has 1 amide bonds. The number of thiophene rings is 1. The summed E-state index contributed by atoms with van der Waals surface area (Å²) in [6.07, 6.45) is 2.31. The molecule has 0 aliphatic rings. The minimum atomic E-state index is -1.17. The third kappa shape index (κ3) is 3.67. The summed E-state index contributed by atoms with van der Waals surface area (Å²) in [4.78, 5) is 35.0. The molecule has 0 aliphatic carbocycles. The van der Waals surface area contributed by atoms with E-state index >= 15 is 0 Å². The second-order valence-corrected chi connectivity index (χ2v) is 6.50. The first kappa shape index (κ1) is 16.1. The summed E-state index contributed by atoms with van der Waals surface area (Å²) in [6.45, 7) is 6.37. The highest BCUT2D eigenvalue weighted by Crippen LogP contribution is 2.19. The van der Waals surface area contributed by atoms with Crippen molar-refractivity contribution >= 4 is 23.2 Å². The minimum absolute atomic E-state index is 0.00384. The molecule has 2 heterocycles. The van der Waals surface area contributed by atoms with Gasteiger partial charge in [-0.25, -0.2) is 14.8 Å². The van der Waals surface area contributed by atoms with Crippen LogP contribution in [0.5, 0.6) is 0 Å². The van der Waals surface area contributed by atoms with Crippen LogP contribution in [0.1, 0.15) is 44.6 Å². The van der Waals surface area contributed by atoms with Gasteiger partial charge in [0.1, 0.15) is 5.69 Å². The van der Waals surface area contributed by atoms with E-state index in [2.05, 4.69) is 9.97 Å². The molecule has 2 aromatic rings. The molecule has 0 bridgehead atoms. The van der Waals surface area contributed by atoms with Crippen molar-refractivity contribution in [3.05, 3.63) is 45.7 Å². The van der Waals surface area contributed by atoms with Crippen LogP contribution >= 0.6 is 11.3 Å². The lowest BCUT2D eigenvalue weighted by atomic mass is 10.2. The fraction of sp³-hybridized carbons (Fsp3) is 0.333. The Kier molecular flexibility index (Phi) is 4.87. The van der Waals surface area contributed by atoms with Gasteiger partial charge < -0.3 is 10.0 Å². The van der Waals surface area contributed by atoms with E-state index in [4.69, 9.17) is 5.11 Å². The zero-order chi connectivity index (χ0) is 16.3. The van der Waals surface area contributed by atoms with Crippen molar-refractivity contribution < 1.29 is 14.7 Å². The Bertz CT molecular complexity index is 680. The number of rotatable bonds is 5. The summed E-state index contributed by atoms with van der Waals surface area (Å²) in [5.74, 6) is -1.42. The predicted molar refractivity (Wildman–Crippen MR) is 83.1 cm³/mol. The Morgan fingerprint density at radius 3 is 2.32 bits per heavy atom. The molecule has 7 heteroatoms. The van der Waals surface area contributed by atoms with Gasteiger partial charge in [0, 0.05) is 15.8 Å². The molecule has 0 saturated carbocycles. The van der Waals surface area contributed by atoms with Crippen LogP contribution in [0, 0.1) is 6.92 Å². The van der Waals surface area contributed by atoms with Gasteiger partial charge in [-0.15, -0.1) is 11.3 Å². The van der Waals surface area contributed by atoms with Crippen molar-refractivity contribution in [2.24, 2.45) is 0 Å². The predicted octanol–water partition coefficient (Wildman–Crippen LogP) is 2.60. The molecular weight excluding hydrogens is 302 g/mol. The van der Waals surface area contributed by atoms with Gasteiger partial charge >= 0.3 is 5.97 Å². The van der Waals surface area contributed by atoms with Crippen molar-refractivity contribution in [2.75, 3.05) is 0 Å². The molecule has 0 unspecified atom stereocenters. The Labute approximate surface area is 132 Å². The van der Waals surface area contributed by atoms with Crippen LogP contribution in [0.15, 0.2) is 24.5 Å². The third-order valence-corrected chi connectivity index (χ3v) is 4.08. The van der Waals surface area contributed by atoms with Gasteiger partial charge in [-0.2, -0.15) is 0 Å². The number of carboxylic acids is 1. The van der Waals surface area contributed by atoms with Crippen LogP contribution in [0.25, 0.3) is 0 Å². The molecule has 0 fully saturated rings. The van der Waals surface area contributed by atoms with Crippen molar-refractivity contribution in [1.82, 2.24) is 14.9 Å². The summed E-state index contributed by atoms with van der Waals surface area (Å²) in [5.41, 5.74) is -0.0338. The highest BCUT2D eigenvalue weighted by atomic mass is 32.1. The lowest BCUT2D eigenvalue weighted by Crippen LogP contribution is -2.36. The second kappa shape index (κ2) is 6.65. The van der Waals surface area contributed by atoms with Crippen molar-refractivity contribution in [1.29, 1.82) is 0 Å². The summed E-state index contributed by atoms with van der Waals surface area (Å²) in [6, 6.07) is 4.02. The lowest BCUT2D eigenvalue weighted by molar-refractivity contribution is 0.0670. The quantitative estimate of drug-likeness (QED) is 0.916. The van der Waals surface area contributed by atoms with E-state index in [9.17, 15) is 9.59 Å². The second-order valence-electron chi connectivity index (χ2n) is 5.13. The molecular formula is C15H17N3O3S. The van der Waals surface area contributed by atoms with Crippen molar-refractivity contribution in [2.45, 2.75) is 33.4 Å². The SMILES string of the molecule is Cc1ccc(CN(C(=O)c2cnc(C(=O)O)cn2)C(C)C)s1. The lowest BCUT2D eigenvalue weighted by Gasteiger charge is -2.25. The van der Waals surface area contributed by atoms with Crippen LogP contribution in [-0.2, 0) is 6.54 Å². The average Bonchev–Trinajstić information content (AvgIpc) is 2.89. The van der Waals surface area contributed by atoms with E-state index < -0.39 is 5.97 Å². The maximum Gasteiger partial charge on any atom is 0.356 e. The molecule has 116 valence electrons. The molecule has 2 rings (SSSR count). The summed E-state index contributed by atoms with van der Waals surface area (Å²) >= 11 is 1.64. The highest BCUT2D eigenvalue weighted by molar-refractivity contribution is 7.11. The van der Waals surface area contributed by atoms with Crippen molar-refractivity contribution in [3.8, 4) is 0 Å². The maximum absolute atomic E-state index is 12.6. The van der Waals surface area contributed by atoms with Crippen LogP contribution in [-0.4, -0.2) is 37.9 Å². The van der Waals surface area contributed by atoms with Crippen LogP contribution in [0.2, 0.25) is 0 Å². The van der Waals surface area contributed by atoms with Crippen LogP contribution < -0.4 is 0 Å². The first-order chi connectivity index (χ1) is 10.4. The van der Waals surface area contributed by atoms with Gasteiger partial charge in [-0.3, -0.25) is 4.79 Å². The molecule has 0 atom stereocenters. The number of carbonyl (C=O) groups excluding carboxylic acids is 1. The van der Waals surface area contributed by atoms with Gasteiger partial charge in [0.05, 0.1) is 18.9 Å². The van der Waals surface area contributed by atoms with E-state index in [1.165, 1.54) is 11.1 Å². The fourth-order valence-electron chi connectivity index (χ4n) is 1.92. The smallest absolute Gasteiger partial charge is 0.356 e. The van der Waals surface area contributed by atoms with Crippen LogP contribution in [0.3, 0.4) is 0 Å². The zero-order valence-corrected chi connectivity index (χ0v) is 13.4. The van der Waals surface area contributed by atoms with Gasteiger partial charge in [0.2, 0.25) is 0 Å². The summed E-state index contributed by atoms with van der Waals surface area (Å²) < 4.78 is 0. The first-order valence-corrected chi connectivity index (χ1v) is 7.61. The zero-order valence-electron chi connectivity index (χ0n) is 12.6. The minimum Gasteiger partial charge on any atom is -0.476 e. The number of carbonyl (C=O) groups is 2. The van der Waals surface area contributed by atoms with Crippen molar-refractivity contribution in [3.63, 3.8) is 0 Å². The maximum atomic E-state index is 12.6. The topological polar surface area (TPSA) is 83.4 Å². The van der Waals surface area contributed by atoms with Gasteiger partial charge in [0.15, 0.2) is 5.69 Å². The average molecular weight is 319 g/mol. The van der Waals surface area contributed by atoms with E-state index in [-0.39, 0.29) is 23.3 Å². The molecule has 22 heavy (non-hydrogen) atoms. The molecule has 0 aliphatic heterocycles. The monoisotopic (exact) mass is 319 g/mol. The molecule has 6 nitrogen and oxygen atoms in total. The summed E-state index contributed by atoms with van der Waals surface area (Å²) in [5, 5.41) is 8.81. The number of hydrogen-bond donors (Lipinski definition) is 1. The Morgan fingerprint density at radius 1 is 1.23 bits per heavy atom. The fourth-order valence-corrected chi connectivity index (χ4v) is 2.81.